The van der Waals surface area contributed by atoms with Crippen LogP contribution in [0.25, 0.3) is 5.57 Å². The fourth-order valence-electron chi connectivity index (χ4n) is 2.78. The number of hydrogen-bond donors (Lipinski definition) is 1. The molecular weight excluding hydrogens is 421 g/mol. The fourth-order valence-corrected chi connectivity index (χ4v) is 4.08. The number of fused-ring (bicyclic) bond motifs is 1. The summed E-state index contributed by atoms with van der Waals surface area (Å²) >= 11 is 4.51. The second-order valence-electron chi connectivity index (χ2n) is 5.68. The number of carbonyl (C=O) groups is 2. The first-order valence-corrected chi connectivity index (χ1v) is 9.20. The first-order valence-electron chi connectivity index (χ1n) is 7.60. The van der Waals surface area contributed by atoms with E-state index in [1.54, 1.807) is 7.05 Å². The van der Waals surface area contributed by atoms with E-state index in [2.05, 4.69) is 26.2 Å². The molecule has 0 unspecified atom stereocenters. The lowest BCUT2D eigenvalue weighted by Crippen LogP contribution is -2.23. The van der Waals surface area contributed by atoms with E-state index >= 15 is 0 Å². The summed E-state index contributed by atoms with van der Waals surface area (Å²) < 4.78 is 13.8. The van der Waals surface area contributed by atoms with Gasteiger partial charge in [0.05, 0.1) is 21.9 Å². The van der Waals surface area contributed by atoms with Gasteiger partial charge in [-0.2, -0.15) is 0 Å². The van der Waals surface area contributed by atoms with Crippen LogP contribution < -0.4 is 10.2 Å². The third kappa shape index (κ3) is 2.85. The Morgan fingerprint density at radius 3 is 2.62 bits per heavy atom. The lowest BCUT2D eigenvalue weighted by atomic mass is 10.1. The smallest absolute Gasteiger partial charge is 0.264 e. The van der Waals surface area contributed by atoms with Crippen molar-refractivity contribution in [2.45, 2.75) is 0 Å². The van der Waals surface area contributed by atoms with E-state index in [4.69, 9.17) is 0 Å². The summed E-state index contributed by atoms with van der Waals surface area (Å²) in [5, 5.41) is 3.01. The van der Waals surface area contributed by atoms with Crippen molar-refractivity contribution in [2.24, 2.45) is 4.99 Å². The lowest BCUT2D eigenvalue weighted by molar-refractivity contribution is -0.116. The van der Waals surface area contributed by atoms with Crippen LogP contribution in [0.4, 0.5) is 15.8 Å². The van der Waals surface area contributed by atoms with Crippen LogP contribution in [0.15, 0.2) is 56.8 Å². The lowest BCUT2D eigenvalue weighted by Gasteiger charge is -2.08. The topological polar surface area (TPSA) is 61.8 Å². The number of likely N-dealkylation sites (N-methyl/N-ethyl adjacent to an activating group) is 1. The molecule has 2 aliphatic heterocycles. The molecule has 1 saturated heterocycles. The van der Waals surface area contributed by atoms with E-state index in [0.717, 1.165) is 21.9 Å². The number of benzene rings is 2. The van der Waals surface area contributed by atoms with Crippen LogP contribution in [0.5, 0.6) is 0 Å². The van der Waals surface area contributed by atoms with Crippen LogP contribution in [0.1, 0.15) is 5.56 Å². The first kappa shape index (κ1) is 17.0. The number of amidine groups is 1. The van der Waals surface area contributed by atoms with Gasteiger partial charge in [-0.25, -0.2) is 9.38 Å². The van der Waals surface area contributed by atoms with Gasteiger partial charge in [0, 0.05) is 17.1 Å². The average molecular weight is 432 g/mol. The first-order chi connectivity index (χ1) is 12.4. The highest BCUT2D eigenvalue weighted by Gasteiger charge is 2.38. The molecule has 0 radical (unpaired) electrons. The maximum atomic E-state index is 13.0. The summed E-state index contributed by atoms with van der Waals surface area (Å²) in [5.74, 6) is -0.971. The minimum absolute atomic E-state index is 0.237. The van der Waals surface area contributed by atoms with Crippen LogP contribution in [-0.4, -0.2) is 24.0 Å². The molecule has 1 fully saturated rings. The zero-order chi connectivity index (χ0) is 18.4. The molecule has 2 amide bonds. The molecule has 8 heteroatoms. The third-order valence-electron chi connectivity index (χ3n) is 4.02. The van der Waals surface area contributed by atoms with E-state index in [-0.39, 0.29) is 17.6 Å². The van der Waals surface area contributed by atoms with Crippen LogP contribution in [0, 0.1) is 5.82 Å². The minimum atomic E-state index is -0.375. The molecule has 0 saturated carbocycles. The van der Waals surface area contributed by atoms with E-state index in [9.17, 15) is 14.0 Å². The molecule has 2 aromatic carbocycles. The number of thioether (sulfide) groups is 1. The highest BCUT2D eigenvalue weighted by molar-refractivity contribution is 9.10. The molecule has 0 aromatic heterocycles. The van der Waals surface area contributed by atoms with Gasteiger partial charge in [0.25, 0.3) is 11.8 Å². The zero-order valence-corrected chi connectivity index (χ0v) is 15.8. The number of nitrogens with zero attached hydrogens (tertiary/aromatic N) is 2. The van der Waals surface area contributed by atoms with Gasteiger partial charge in [0.2, 0.25) is 0 Å². The van der Waals surface area contributed by atoms with E-state index in [0.29, 0.717) is 26.9 Å². The van der Waals surface area contributed by atoms with Crippen LogP contribution in [0.2, 0.25) is 0 Å². The number of aliphatic imine (C=N–C) groups is 1. The predicted octanol–water partition coefficient (Wildman–Crippen LogP) is 3.83. The Morgan fingerprint density at radius 1 is 1.15 bits per heavy atom. The van der Waals surface area contributed by atoms with Crippen LogP contribution >= 0.6 is 27.7 Å². The fraction of sp³-hybridized carbons (Fsp3) is 0.0556. The maximum absolute atomic E-state index is 13.0. The number of carbonyl (C=O) groups excluding carboxylic acids is 2. The standard InChI is InChI=1S/C18H11BrFN3O2S/c1-23-13-7-2-9(19)8-12(13)14(17(23)25)15-16(24)22-18(26-15)21-11-5-3-10(20)4-6-11/h2-8H,1H3,(H,21,22,24)/b15-14+. The third-order valence-corrected chi connectivity index (χ3v) is 5.49. The average Bonchev–Trinajstić information content (AvgIpc) is 3.07. The molecule has 0 spiro atoms. The molecule has 0 atom stereocenters. The van der Waals surface area contributed by atoms with Crippen molar-refractivity contribution in [3.63, 3.8) is 0 Å². The Kier molecular flexibility index (Phi) is 4.16. The van der Waals surface area contributed by atoms with Gasteiger partial charge in [-0.3, -0.25) is 9.59 Å². The molecule has 4 rings (SSSR count). The van der Waals surface area contributed by atoms with Crippen molar-refractivity contribution in [1.29, 1.82) is 0 Å². The highest BCUT2D eigenvalue weighted by Crippen LogP contribution is 2.43. The summed E-state index contributed by atoms with van der Waals surface area (Å²) in [6.45, 7) is 0. The van der Waals surface area contributed by atoms with Gasteiger partial charge < -0.3 is 10.2 Å². The molecule has 0 bridgehead atoms. The molecule has 0 aliphatic carbocycles. The second kappa shape index (κ2) is 6.37. The number of rotatable bonds is 1. The predicted molar refractivity (Wildman–Crippen MR) is 104 cm³/mol. The Bertz CT molecular complexity index is 1020. The number of halogens is 2. The molecule has 2 heterocycles. The quantitative estimate of drug-likeness (QED) is 0.697. The summed E-state index contributed by atoms with van der Waals surface area (Å²) in [4.78, 5) is 31.3. The Balaban J connectivity index is 1.76. The van der Waals surface area contributed by atoms with E-state index in [1.807, 2.05) is 18.2 Å². The van der Waals surface area contributed by atoms with Crippen LogP contribution in [0.3, 0.4) is 0 Å². The van der Waals surface area contributed by atoms with Gasteiger partial charge in [-0.1, -0.05) is 15.9 Å². The van der Waals surface area contributed by atoms with Crippen molar-refractivity contribution in [3.8, 4) is 0 Å². The molecular formula is C18H11BrFN3O2S. The molecule has 2 aliphatic rings. The number of amides is 2. The van der Waals surface area contributed by atoms with Crippen molar-refractivity contribution in [1.82, 2.24) is 5.32 Å². The molecule has 130 valence electrons. The van der Waals surface area contributed by atoms with E-state index < -0.39 is 0 Å². The minimum Gasteiger partial charge on any atom is -0.311 e. The Labute approximate surface area is 161 Å². The molecule has 2 aromatic rings. The monoisotopic (exact) mass is 431 g/mol. The van der Waals surface area contributed by atoms with Crippen molar-refractivity contribution in [2.75, 3.05) is 11.9 Å². The SMILES string of the molecule is CN1C(=O)/C(=C2/SC(=Nc3ccc(F)cc3)NC2=O)c2cc(Br)ccc21. The Morgan fingerprint density at radius 2 is 1.88 bits per heavy atom. The molecule has 5 nitrogen and oxygen atoms in total. The zero-order valence-electron chi connectivity index (χ0n) is 13.4. The summed E-state index contributed by atoms with van der Waals surface area (Å²) in [7, 11) is 1.67. The molecule has 1 N–H and O–H groups in total. The van der Waals surface area contributed by atoms with Gasteiger partial charge in [0.1, 0.15) is 5.82 Å². The second-order valence-corrected chi connectivity index (χ2v) is 7.59. The number of nitrogens with one attached hydrogen (secondary N) is 1. The van der Waals surface area contributed by atoms with Gasteiger partial charge in [-0.05, 0) is 54.2 Å². The Hall–Kier alpha value is -2.45. The highest BCUT2D eigenvalue weighted by atomic mass is 79.9. The summed E-state index contributed by atoms with van der Waals surface area (Å²) in [6.07, 6.45) is 0. The maximum Gasteiger partial charge on any atom is 0.264 e. The number of anilines is 1. The van der Waals surface area contributed by atoms with Crippen molar-refractivity contribution < 1.29 is 14.0 Å². The summed E-state index contributed by atoms with van der Waals surface area (Å²) in [5.41, 5.74) is 2.32. The van der Waals surface area contributed by atoms with Crippen LogP contribution in [-0.2, 0) is 9.59 Å². The van der Waals surface area contributed by atoms with Gasteiger partial charge in [0.15, 0.2) is 5.17 Å². The normalized spacial score (nSPS) is 20.7. The van der Waals surface area contributed by atoms with Crippen molar-refractivity contribution >= 4 is 61.6 Å². The van der Waals surface area contributed by atoms with Gasteiger partial charge >= 0.3 is 0 Å². The van der Waals surface area contributed by atoms with Gasteiger partial charge in [-0.15, -0.1) is 0 Å². The van der Waals surface area contributed by atoms with Crippen molar-refractivity contribution in [3.05, 3.63) is 63.2 Å². The summed E-state index contributed by atoms with van der Waals surface area (Å²) in [6, 6.07) is 11.1. The number of hydrogen-bond acceptors (Lipinski definition) is 4. The van der Waals surface area contributed by atoms with E-state index in [1.165, 1.54) is 29.2 Å². The largest absolute Gasteiger partial charge is 0.311 e. The molecule has 26 heavy (non-hydrogen) atoms.